The third kappa shape index (κ3) is 4.31. The number of nitrogens with one attached hydrogen (secondary N) is 1. The van der Waals surface area contributed by atoms with E-state index in [1.54, 1.807) is 0 Å². The van der Waals surface area contributed by atoms with Gasteiger partial charge in [0.15, 0.2) is 5.82 Å². The Bertz CT molecular complexity index is 1500. The molecule has 7 rings (SSSR count). The summed E-state index contributed by atoms with van der Waals surface area (Å²) in [6, 6.07) is 3.00. The molecular weight excluding hydrogens is 552 g/mol. The molecule has 2 aromatic heterocycles. The number of pyridine rings is 1. The third-order valence-corrected chi connectivity index (χ3v) is 8.95. The van der Waals surface area contributed by atoms with Gasteiger partial charge in [-0.2, -0.15) is 23.1 Å². The Morgan fingerprint density at radius 1 is 1.12 bits per heavy atom. The molecule has 5 heterocycles. The Kier molecular flexibility index (Phi) is 6.03. The summed E-state index contributed by atoms with van der Waals surface area (Å²) in [5.74, 6) is 0.408. The molecule has 0 radical (unpaired) electrons. The van der Waals surface area contributed by atoms with Gasteiger partial charge < -0.3 is 25.4 Å². The molecule has 3 saturated heterocycles. The lowest BCUT2D eigenvalue weighted by Gasteiger charge is -2.34. The first kappa shape index (κ1) is 26.0. The van der Waals surface area contributed by atoms with E-state index in [0.29, 0.717) is 61.9 Å². The van der Waals surface area contributed by atoms with Gasteiger partial charge in [-0.25, -0.2) is 9.37 Å². The maximum Gasteiger partial charge on any atom is 0.418 e. The Morgan fingerprint density at radius 2 is 1.82 bits per heavy atom. The zero-order valence-electron chi connectivity index (χ0n) is 21.6. The van der Waals surface area contributed by atoms with Gasteiger partial charge in [0.1, 0.15) is 17.2 Å². The molecule has 3 N–H and O–H groups in total. The molecule has 1 aliphatic carbocycles. The van der Waals surface area contributed by atoms with Gasteiger partial charge in [-0.05, 0) is 49.3 Å². The molecule has 4 atom stereocenters. The van der Waals surface area contributed by atoms with E-state index in [9.17, 15) is 13.2 Å². The summed E-state index contributed by atoms with van der Waals surface area (Å²) in [5, 5.41) is 3.61. The van der Waals surface area contributed by atoms with Crippen LogP contribution < -0.4 is 20.7 Å². The number of benzene rings is 1. The number of nitrogen functional groups attached to an aromatic ring is 1. The number of aromatic nitrogens is 3. The van der Waals surface area contributed by atoms with E-state index >= 15 is 4.39 Å². The van der Waals surface area contributed by atoms with E-state index in [0.717, 1.165) is 18.9 Å². The number of fused-ring (bicyclic) bond motifs is 4. The molecule has 4 aliphatic rings. The first-order chi connectivity index (χ1) is 19.1. The summed E-state index contributed by atoms with van der Waals surface area (Å²) in [6.07, 6.45) is -2.79. The van der Waals surface area contributed by atoms with Crippen molar-refractivity contribution in [3.05, 3.63) is 34.1 Å². The molecule has 212 valence electrons. The van der Waals surface area contributed by atoms with Gasteiger partial charge in [0, 0.05) is 36.5 Å². The number of rotatable bonds is 5. The van der Waals surface area contributed by atoms with Crippen molar-refractivity contribution >= 4 is 34.1 Å². The highest BCUT2D eigenvalue weighted by Gasteiger charge is 2.54. The topological polar surface area (TPSA) is 98.4 Å². The summed E-state index contributed by atoms with van der Waals surface area (Å²) in [4.78, 5) is 15.0. The van der Waals surface area contributed by atoms with Gasteiger partial charge in [0.05, 0.1) is 41.7 Å². The van der Waals surface area contributed by atoms with Crippen LogP contribution in [0.2, 0.25) is 5.02 Å². The first-order valence-electron chi connectivity index (χ1n) is 13.3. The predicted molar refractivity (Wildman–Crippen MR) is 141 cm³/mol. The minimum absolute atomic E-state index is 0.0285. The summed E-state index contributed by atoms with van der Waals surface area (Å²) in [7, 11) is 0. The van der Waals surface area contributed by atoms with Crippen LogP contribution in [-0.2, 0) is 10.9 Å². The summed E-state index contributed by atoms with van der Waals surface area (Å²) in [6.45, 7) is 4.27. The molecule has 0 amide bonds. The summed E-state index contributed by atoms with van der Waals surface area (Å²) in [5.41, 5.74) is 3.14. The monoisotopic (exact) mass is 578 g/mol. The highest BCUT2D eigenvalue weighted by atomic mass is 35.5. The van der Waals surface area contributed by atoms with Crippen LogP contribution in [0.25, 0.3) is 22.2 Å². The van der Waals surface area contributed by atoms with Crippen molar-refractivity contribution in [1.82, 2.24) is 20.3 Å². The Balaban J connectivity index is 1.37. The maximum atomic E-state index is 16.4. The van der Waals surface area contributed by atoms with Crippen LogP contribution in [0.1, 0.15) is 24.0 Å². The Hall–Kier alpha value is -2.96. The van der Waals surface area contributed by atoms with Crippen LogP contribution in [0.15, 0.2) is 12.1 Å². The Labute approximate surface area is 232 Å². The first-order valence-corrected chi connectivity index (χ1v) is 13.7. The number of halogens is 5. The summed E-state index contributed by atoms with van der Waals surface area (Å²) < 4.78 is 70.2. The second kappa shape index (κ2) is 9.28. The quantitative estimate of drug-likeness (QED) is 0.424. The normalized spacial score (nSPS) is 27.4. The van der Waals surface area contributed by atoms with Crippen molar-refractivity contribution in [2.75, 3.05) is 43.5 Å². The number of aryl methyl sites for hydroxylation is 1. The van der Waals surface area contributed by atoms with Crippen LogP contribution in [0.5, 0.6) is 6.01 Å². The smallest absolute Gasteiger partial charge is 0.418 e. The van der Waals surface area contributed by atoms with Crippen molar-refractivity contribution in [3.63, 3.8) is 0 Å². The SMILES string of the molecule is Cc1cc(N)nc(-c2c(Cl)cc3c(N4CC5CCC(C4)N5)nc(OCC4C5COCC54)nc3c2F)c1C(F)(F)F. The number of hydrogen-bond acceptors (Lipinski definition) is 8. The van der Waals surface area contributed by atoms with Gasteiger partial charge >= 0.3 is 12.2 Å². The van der Waals surface area contributed by atoms with Gasteiger partial charge in [0.2, 0.25) is 0 Å². The van der Waals surface area contributed by atoms with E-state index in [4.69, 9.17) is 26.8 Å². The fourth-order valence-corrected chi connectivity index (χ4v) is 6.95. The van der Waals surface area contributed by atoms with E-state index < -0.39 is 28.8 Å². The molecular formula is C27H27ClF4N6O2. The minimum atomic E-state index is -4.82. The zero-order chi connectivity index (χ0) is 27.9. The molecule has 1 aromatic carbocycles. The number of nitrogens with two attached hydrogens (primary N) is 1. The molecule has 13 heteroatoms. The lowest BCUT2D eigenvalue weighted by molar-refractivity contribution is -0.137. The van der Waals surface area contributed by atoms with Crippen molar-refractivity contribution < 1.29 is 27.0 Å². The molecule has 3 aliphatic heterocycles. The third-order valence-electron chi connectivity index (χ3n) is 8.65. The van der Waals surface area contributed by atoms with Gasteiger partial charge in [0.25, 0.3) is 0 Å². The number of nitrogens with zero attached hydrogens (tertiary/aromatic N) is 4. The molecule has 2 bridgehead atoms. The van der Waals surface area contributed by atoms with Crippen molar-refractivity contribution in [3.8, 4) is 17.3 Å². The number of anilines is 2. The highest BCUT2D eigenvalue weighted by molar-refractivity contribution is 6.34. The molecule has 8 nitrogen and oxygen atoms in total. The van der Waals surface area contributed by atoms with Crippen LogP contribution in [0, 0.1) is 30.5 Å². The van der Waals surface area contributed by atoms with E-state index in [1.807, 2.05) is 0 Å². The standard InChI is InChI=1S/C27H27ClF4N6O2/c1-11-4-19(33)35-24(21(11)27(30,31)32)20-18(28)5-14-23(22(20)29)36-26(40-10-17-15-8-39-9-16(15)17)37-25(14)38-6-12-2-3-13(7-38)34-12/h4-5,12-13,15-17,34H,2-3,6-10H2,1H3,(H2,33,35). The predicted octanol–water partition coefficient (Wildman–Crippen LogP) is 4.61. The number of hydrogen-bond donors (Lipinski definition) is 2. The van der Waals surface area contributed by atoms with Gasteiger partial charge in [-0.15, -0.1) is 0 Å². The average Bonchev–Trinajstić information content (AvgIpc) is 3.16. The number of ether oxygens (including phenoxy) is 2. The van der Waals surface area contributed by atoms with Crippen LogP contribution in [0.3, 0.4) is 0 Å². The van der Waals surface area contributed by atoms with E-state index in [-0.39, 0.29) is 40.0 Å². The molecule has 4 unspecified atom stereocenters. The summed E-state index contributed by atoms with van der Waals surface area (Å²) >= 11 is 6.54. The fraction of sp³-hybridized carbons (Fsp3) is 0.519. The molecule has 40 heavy (non-hydrogen) atoms. The van der Waals surface area contributed by atoms with Crippen molar-refractivity contribution in [2.45, 2.75) is 38.0 Å². The largest absolute Gasteiger partial charge is 0.463 e. The zero-order valence-corrected chi connectivity index (χ0v) is 22.3. The van der Waals surface area contributed by atoms with Crippen molar-refractivity contribution in [1.29, 1.82) is 0 Å². The Morgan fingerprint density at radius 3 is 2.50 bits per heavy atom. The maximum absolute atomic E-state index is 16.4. The van der Waals surface area contributed by atoms with Gasteiger partial charge in [-0.1, -0.05) is 11.6 Å². The second-order valence-electron chi connectivity index (χ2n) is 11.2. The molecule has 1 saturated carbocycles. The minimum Gasteiger partial charge on any atom is -0.463 e. The van der Waals surface area contributed by atoms with Crippen LogP contribution >= 0.6 is 11.6 Å². The van der Waals surface area contributed by atoms with Crippen molar-refractivity contribution in [2.24, 2.45) is 17.8 Å². The number of piperazine rings is 1. The average molecular weight is 579 g/mol. The van der Waals surface area contributed by atoms with Crippen LogP contribution in [-0.4, -0.2) is 59.9 Å². The van der Waals surface area contributed by atoms with E-state index in [1.165, 1.54) is 13.0 Å². The number of alkyl halides is 3. The molecule has 0 spiro atoms. The fourth-order valence-electron chi connectivity index (χ4n) is 6.67. The molecule has 3 aromatic rings. The molecule has 4 fully saturated rings. The highest BCUT2D eigenvalue weighted by Crippen LogP contribution is 2.51. The van der Waals surface area contributed by atoms with E-state index in [2.05, 4.69) is 25.2 Å². The lowest BCUT2D eigenvalue weighted by atomic mass is 9.99. The van der Waals surface area contributed by atoms with Crippen LogP contribution in [0.4, 0.5) is 29.2 Å². The second-order valence-corrected chi connectivity index (χ2v) is 11.6. The lowest BCUT2D eigenvalue weighted by Crippen LogP contribution is -2.51. The van der Waals surface area contributed by atoms with Gasteiger partial charge in [-0.3, -0.25) is 0 Å².